The molecule has 1 heterocycles. The first-order chi connectivity index (χ1) is 8.75. The van der Waals surface area contributed by atoms with E-state index in [1.807, 2.05) is 17.8 Å². The molecule has 4 heteroatoms. The molecule has 0 radical (unpaired) electrons. The molecule has 0 saturated carbocycles. The van der Waals surface area contributed by atoms with Crippen LogP contribution < -0.4 is 5.32 Å². The number of nitrogens with one attached hydrogen (secondary N) is 1. The zero-order chi connectivity index (χ0) is 12.8. The summed E-state index contributed by atoms with van der Waals surface area (Å²) < 4.78 is 0.862. The molecule has 96 valence electrons. The molecule has 0 unspecified atom stereocenters. The number of thiophene rings is 1. The minimum atomic E-state index is 0.862. The molecule has 1 nitrogen and oxygen atoms in total. The van der Waals surface area contributed by atoms with Crippen molar-refractivity contribution < 1.29 is 0 Å². The van der Waals surface area contributed by atoms with Crippen molar-refractivity contribution >= 4 is 34.7 Å². The Bertz CT molecular complexity index is 496. The summed E-state index contributed by atoms with van der Waals surface area (Å²) in [6.07, 6.45) is 0. The molecule has 0 atom stereocenters. The van der Waals surface area contributed by atoms with E-state index in [9.17, 15) is 0 Å². The molecule has 0 amide bonds. The summed E-state index contributed by atoms with van der Waals surface area (Å²) in [5.74, 6) is 1.09. The van der Waals surface area contributed by atoms with Crippen molar-refractivity contribution in [1.29, 1.82) is 0 Å². The Hall–Kier alpha value is -0.480. The molecule has 1 N–H and O–H groups in total. The first-order valence-electron chi connectivity index (χ1n) is 5.89. The highest BCUT2D eigenvalue weighted by atomic mass is 35.5. The third-order valence-corrected chi connectivity index (χ3v) is 4.97. The third-order valence-electron chi connectivity index (χ3n) is 2.56. The first-order valence-corrected chi connectivity index (χ1v) is 8.07. The lowest BCUT2D eigenvalue weighted by molar-refractivity contribution is 0.741. The van der Waals surface area contributed by atoms with Gasteiger partial charge < -0.3 is 5.32 Å². The molecule has 1 aromatic carbocycles. The van der Waals surface area contributed by atoms with E-state index in [1.54, 1.807) is 11.3 Å². The molecular formula is C14H16ClNS2. The van der Waals surface area contributed by atoms with Crippen molar-refractivity contribution in [2.24, 2.45) is 0 Å². The van der Waals surface area contributed by atoms with Gasteiger partial charge in [-0.05, 0) is 30.7 Å². The van der Waals surface area contributed by atoms with Crippen LogP contribution in [0.5, 0.6) is 0 Å². The average Bonchev–Trinajstić information content (AvgIpc) is 2.77. The molecule has 2 aromatic rings. The van der Waals surface area contributed by atoms with Gasteiger partial charge in [-0.15, -0.1) is 23.1 Å². The quantitative estimate of drug-likeness (QED) is 0.618. The SMILES string of the molecule is Cc1ccccc1SCCNCc1ccc(Cl)s1. The molecule has 0 saturated heterocycles. The molecule has 0 aliphatic rings. The molecule has 18 heavy (non-hydrogen) atoms. The molecule has 0 aliphatic heterocycles. The number of aryl methyl sites for hydroxylation is 1. The van der Waals surface area contributed by atoms with Crippen LogP contribution in [0.15, 0.2) is 41.3 Å². The van der Waals surface area contributed by atoms with E-state index >= 15 is 0 Å². The highest BCUT2D eigenvalue weighted by Gasteiger charge is 1.99. The van der Waals surface area contributed by atoms with Gasteiger partial charge in [-0.3, -0.25) is 0 Å². The predicted molar refractivity (Wildman–Crippen MR) is 82.9 cm³/mol. The number of hydrogen-bond donors (Lipinski definition) is 1. The third kappa shape index (κ3) is 4.32. The van der Waals surface area contributed by atoms with Gasteiger partial charge in [-0.25, -0.2) is 0 Å². The smallest absolute Gasteiger partial charge is 0.0931 e. The molecule has 0 bridgehead atoms. The lowest BCUT2D eigenvalue weighted by Crippen LogP contribution is -2.15. The van der Waals surface area contributed by atoms with Crippen LogP contribution in [0.4, 0.5) is 0 Å². The minimum absolute atomic E-state index is 0.862. The summed E-state index contributed by atoms with van der Waals surface area (Å²) >= 11 is 9.43. The highest BCUT2D eigenvalue weighted by molar-refractivity contribution is 7.99. The van der Waals surface area contributed by atoms with Gasteiger partial charge >= 0.3 is 0 Å². The maximum atomic E-state index is 5.88. The Morgan fingerprint density at radius 3 is 2.78 bits per heavy atom. The van der Waals surface area contributed by atoms with Crippen LogP contribution in [0.3, 0.4) is 0 Å². The standard InChI is InChI=1S/C14H16ClNS2/c1-11-4-2-3-5-13(11)17-9-8-16-10-12-6-7-14(15)18-12/h2-7,16H,8-10H2,1H3. The lowest BCUT2D eigenvalue weighted by Gasteiger charge is -2.05. The first kappa shape index (κ1) is 13.9. The second kappa shape index (κ2) is 7.19. The Balaban J connectivity index is 1.66. The van der Waals surface area contributed by atoms with Gasteiger partial charge in [0, 0.05) is 28.6 Å². The van der Waals surface area contributed by atoms with E-state index in [4.69, 9.17) is 11.6 Å². The number of hydrogen-bond acceptors (Lipinski definition) is 3. The van der Waals surface area contributed by atoms with Crippen LogP contribution in [0, 0.1) is 6.92 Å². The molecular weight excluding hydrogens is 282 g/mol. The summed E-state index contributed by atoms with van der Waals surface area (Å²) in [7, 11) is 0. The fourth-order valence-electron chi connectivity index (χ4n) is 1.61. The minimum Gasteiger partial charge on any atom is -0.311 e. The van der Waals surface area contributed by atoms with Crippen molar-refractivity contribution in [3.05, 3.63) is 51.2 Å². The highest BCUT2D eigenvalue weighted by Crippen LogP contribution is 2.22. The zero-order valence-electron chi connectivity index (χ0n) is 10.3. The average molecular weight is 298 g/mol. The van der Waals surface area contributed by atoms with E-state index in [0.29, 0.717) is 0 Å². The fraction of sp³-hybridized carbons (Fsp3) is 0.286. The van der Waals surface area contributed by atoms with Crippen molar-refractivity contribution in [3.63, 3.8) is 0 Å². The second-order valence-electron chi connectivity index (χ2n) is 4.00. The fourth-order valence-corrected chi connectivity index (χ4v) is 3.60. The van der Waals surface area contributed by atoms with Gasteiger partial charge in [0.1, 0.15) is 0 Å². The van der Waals surface area contributed by atoms with E-state index in [1.165, 1.54) is 15.3 Å². The summed E-state index contributed by atoms with van der Waals surface area (Å²) in [5.41, 5.74) is 1.35. The summed E-state index contributed by atoms with van der Waals surface area (Å²) in [5, 5.41) is 3.44. The van der Waals surface area contributed by atoms with Gasteiger partial charge in [0.2, 0.25) is 0 Å². The Morgan fingerprint density at radius 2 is 2.06 bits per heavy atom. The van der Waals surface area contributed by atoms with Crippen LogP contribution >= 0.6 is 34.7 Å². The zero-order valence-corrected chi connectivity index (χ0v) is 12.7. The van der Waals surface area contributed by atoms with Gasteiger partial charge in [0.05, 0.1) is 4.34 Å². The van der Waals surface area contributed by atoms with Crippen LogP contribution in [-0.4, -0.2) is 12.3 Å². The van der Waals surface area contributed by atoms with E-state index < -0.39 is 0 Å². The number of halogens is 1. The van der Waals surface area contributed by atoms with Crippen molar-refractivity contribution in [3.8, 4) is 0 Å². The van der Waals surface area contributed by atoms with Gasteiger partial charge in [-0.1, -0.05) is 29.8 Å². The monoisotopic (exact) mass is 297 g/mol. The second-order valence-corrected chi connectivity index (χ2v) is 6.93. The summed E-state index contributed by atoms with van der Waals surface area (Å²) in [6.45, 7) is 4.07. The van der Waals surface area contributed by atoms with Crippen LogP contribution in [0.25, 0.3) is 0 Å². The summed E-state index contributed by atoms with van der Waals surface area (Å²) in [6, 6.07) is 12.5. The Labute approximate surface area is 122 Å². The number of rotatable bonds is 6. The maximum Gasteiger partial charge on any atom is 0.0931 e. The Kier molecular flexibility index (Phi) is 5.57. The maximum absolute atomic E-state index is 5.88. The Morgan fingerprint density at radius 1 is 1.22 bits per heavy atom. The van der Waals surface area contributed by atoms with Gasteiger partial charge in [0.25, 0.3) is 0 Å². The van der Waals surface area contributed by atoms with Crippen LogP contribution in [0.1, 0.15) is 10.4 Å². The van der Waals surface area contributed by atoms with E-state index in [-0.39, 0.29) is 0 Å². The van der Waals surface area contributed by atoms with Crippen molar-refractivity contribution in [2.75, 3.05) is 12.3 Å². The van der Waals surface area contributed by atoms with Crippen molar-refractivity contribution in [2.45, 2.75) is 18.4 Å². The van der Waals surface area contributed by atoms with Crippen molar-refractivity contribution in [1.82, 2.24) is 5.32 Å². The molecule has 0 fully saturated rings. The number of thioether (sulfide) groups is 1. The normalized spacial score (nSPS) is 10.8. The lowest BCUT2D eigenvalue weighted by atomic mass is 10.2. The molecule has 0 spiro atoms. The van der Waals surface area contributed by atoms with Crippen LogP contribution in [0.2, 0.25) is 4.34 Å². The molecule has 2 rings (SSSR count). The van der Waals surface area contributed by atoms with Gasteiger partial charge in [-0.2, -0.15) is 0 Å². The summed E-state index contributed by atoms with van der Waals surface area (Å²) in [4.78, 5) is 2.67. The largest absolute Gasteiger partial charge is 0.311 e. The topological polar surface area (TPSA) is 12.0 Å². The predicted octanol–water partition coefficient (Wildman–Crippen LogP) is 4.59. The van der Waals surface area contributed by atoms with E-state index in [2.05, 4.69) is 42.6 Å². The molecule has 1 aromatic heterocycles. The molecule has 0 aliphatic carbocycles. The van der Waals surface area contributed by atoms with Crippen LogP contribution in [-0.2, 0) is 6.54 Å². The van der Waals surface area contributed by atoms with E-state index in [0.717, 1.165) is 23.2 Å². The van der Waals surface area contributed by atoms with Gasteiger partial charge in [0.15, 0.2) is 0 Å². The number of benzene rings is 1.